The van der Waals surface area contributed by atoms with Gasteiger partial charge in [-0.15, -0.1) is 0 Å². The van der Waals surface area contributed by atoms with E-state index in [9.17, 15) is 10.1 Å². The predicted octanol–water partition coefficient (Wildman–Crippen LogP) is 5.65. The van der Waals surface area contributed by atoms with Crippen molar-refractivity contribution in [3.8, 4) is 11.5 Å². The number of hydrogen-bond donors (Lipinski definition) is 0. The van der Waals surface area contributed by atoms with E-state index < -0.39 is 4.92 Å². The van der Waals surface area contributed by atoms with Gasteiger partial charge in [-0.25, -0.2) is 0 Å². The van der Waals surface area contributed by atoms with Crippen LogP contribution in [0.5, 0.6) is 11.5 Å². The SMILES string of the molecule is COc1cc(/C=N\OCc2cccc([N+](=O)[O-])c2)cc(I)c1OCc1ccc(C)cc1. The fourth-order valence-electron chi connectivity index (χ4n) is 2.76. The number of aryl methyl sites for hydroxylation is 1. The molecule has 31 heavy (non-hydrogen) atoms. The van der Waals surface area contributed by atoms with Gasteiger partial charge in [-0.05, 0) is 52.8 Å². The maximum Gasteiger partial charge on any atom is 0.269 e. The maximum atomic E-state index is 10.8. The van der Waals surface area contributed by atoms with E-state index in [1.165, 1.54) is 17.7 Å². The average Bonchev–Trinajstić information content (AvgIpc) is 2.77. The lowest BCUT2D eigenvalue weighted by molar-refractivity contribution is -0.384. The van der Waals surface area contributed by atoms with Crippen LogP contribution >= 0.6 is 22.6 Å². The first-order valence-electron chi connectivity index (χ1n) is 9.41. The number of nitro groups is 1. The number of rotatable bonds is 9. The van der Waals surface area contributed by atoms with Crippen molar-refractivity contribution in [1.82, 2.24) is 0 Å². The highest BCUT2D eigenvalue weighted by atomic mass is 127. The number of non-ortho nitro benzene ring substituents is 1. The molecule has 3 aromatic carbocycles. The van der Waals surface area contributed by atoms with E-state index in [4.69, 9.17) is 14.3 Å². The van der Waals surface area contributed by atoms with Crippen molar-refractivity contribution in [1.29, 1.82) is 0 Å². The van der Waals surface area contributed by atoms with Crippen LogP contribution < -0.4 is 9.47 Å². The van der Waals surface area contributed by atoms with Crippen molar-refractivity contribution in [3.63, 3.8) is 0 Å². The molecule has 0 aliphatic heterocycles. The summed E-state index contributed by atoms with van der Waals surface area (Å²) in [5, 5.41) is 14.8. The zero-order valence-corrected chi connectivity index (χ0v) is 19.2. The first-order chi connectivity index (χ1) is 15.0. The van der Waals surface area contributed by atoms with E-state index >= 15 is 0 Å². The van der Waals surface area contributed by atoms with Gasteiger partial charge in [0.05, 0.1) is 21.8 Å². The highest BCUT2D eigenvalue weighted by Crippen LogP contribution is 2.34. The monoisotopic (exact) mass is 532 g/mol. The fourth-order valence-corrected chi connectivity index (χ4v) is 3.55. The molecule has 0 heterocycles. The second-order valence-corrected chi connectivity index (χ2v) is 7.91. The summed E-state index contributed by atoms with van der Waals surface area (Å²) in [5.74, 6) is 1.26. The molecule has 0 radical (unpaired) electrons. The first kappa shape index (κ1) is 22.5. The molecule has 0 atom stereocenters. The summed E-state index contributed by atoms with van der Waals surface area (Å²) >= 11 is 2.19. The largest absolute Gasteiger partial charge is 0.493 e. The Morgan fingerprint density at radius 1 is 1.06 bits per heavy atom. The number of nitrogens with zero attached hydrogens (tertiary/aromatic N) is 2. The van der Waals surface area contributed by atoms with Crippen molar-refractivity contribution in [3.05, 3.63) is 96.6 Å². The normalized spacial score (nSPS) is 10.8. The van der Waals surface area contributed by atoms with E-state index in [0.717, 1.165) is 14.7 Å². The van der Waals surface area contributed by atoms with Gasteiger partial charge in [0.25, 0.3) is 5.69 Å². The van der Waals surface area contributed by atoms with Crippen LogP contribution in [0.4, 0.5) is 5.69 Å². The molecule has 0 unspecified atom stereocenters. The van der Waals surface area contributed by atoms with E-state index in [2.05, 4.69) is 27.7 Å². The Morgan fingerprint density at radius 3 is 2.55 bits per heavy atom. The minimum absolute atomic E-state index is 0.0191. The van der Waals surface area contributed by atoms with Gasteiger partial charge in [0.15, 0.2) is 11.5 Å². The van der Waals surface area contributed by atoms with Crippen molar-refractivity contribution >= 4 is 34.5 Å². The molecule has 0 bridgehead atoms. The summed E-state index contributed by atoms with van der Waals surface area (Å²) in [6, 6.07) is 18.1. The molecule has 160 valence electrons. The second kappa shape index (κ2) is 10.8. The number of ether oxygens (including phenoxy) is 2. The molecule has 0 aliphatic carbocycles. The summed E-state index contributed by atoms with van der Waals surface area (Å²) in [5.41, 5.74) is 3.74. The molecule has 3 rings (SSSR count). The minimum Gasteiger partial charge on any atom is -0.493 e. The van der Waals surface area contributed by atoms with Crippen LogP contribution in [0.15, 0.2) is 65.8 Å². The average molecular weight is 532 g/mol. The van der Waals surface area contributed by atoms with Gasteiger partial charge in [-0.1, -0.05) is 47.1 Å². The molecule has 0 aliphatic rings. The van der Waals surface area contributed by atoms with Crippen molar-refractivity contribution in [2.75, 3.05) is 7.11 Å². The highest BCUT2D eigenvalue weighted by Gasteiger charge is 2.12. The topological polar surface area (TPSA) is 83.2 Å². The van der Waals surface area contributed by atoms with E-state index in [1.807, 2.05) is 43.3 Å². The molecule has 3 aromatic rings. The Bertz CT molecular complexity index is 1080. The van der Waals surface area contributed by atoms with E-state index in [1.54, 1.807) is 25.5 Å². The number of benzene rings is 3. The van der Waals surface area contributed by atoms with Gasteiger partial charge in [-0.2, -0.15) is 0 Å². The molecular formula is C23H21IN2O5. The van der Waals surface area contributed by atoms with Crippen LogP contribution in [0.3, 0.4) is 0 Å². The standard InChI is InChI=1S/C23H21IN2O5/c1-16-6-8-17(9-7-16)14-30-23-21(24)11-19(12-22(23)29-2)13-25-31-15-18-4-3-5-20(10-18)26(27)28/h3-13H,14-15H2,1-2H3/b25-13-. The first-order valence-corrected chi connectivity index (χ1v) is 10.5. The van der Waals surface area contributed by atoms with Gasteiger partial charge < -0.3 is 14.3 Å². The molecular weight excluding hydrogens is 511 g/mol. The smallest absolute Gasteiger partial charge is 0.269 e. The van der Waals surface area contributed by atoms with Crippen LogP contribution in [0.25, 0.3) is 0 Å². The number of halogens is 1. The van der Waals surface area contributed by atoms with Crippen LogP contribution in [0.2, 0.25) is 0 Å². The lowest BCUT2D eigenvalue weighted by Crippen LogP contribution is -2.01. The molecule has 7 nitrogen and oxygen atoms in total. The predicted molar refractivity (Wildman–Crippen MR) is 127 cm³/mol. The lowest BCUT2D eigenvalue weighted by Gasteiger charge is -2.13. The third-order valence-electron chi connectivity index (χ3n) is 4.38. The Hall–Kier alpha value is -3.14. The van der Waals surface area contributed by atoms with Gasteiger partial charge in [0.2, 0.25) is 0 Å². The highest BCUT2D eigenvalue weighted by molar-refractivity contribution is 14.1. The van der Waals surface area contributed by atoms with Crippen molar-refractivity contribution in [2.45, 2.75) is 20.1 Å². The second-order valence-electron chi connectivity index (χ2n) is 6.74. The molecule has 0 amide bonds. The summed E-state index contributed by atoms with van der Waals surface area (Å²) < 4.78 is 12.4. The summed E-state index contributed by atoms with van der Waals surface area (Å²) in [6.07, 6.45) is 1.56. The van der Waals surface area contributed by atoms with Gasteiger partial charge in [-0.3, -0.25) is 10.1 Å². The van der Waals surface area contributed by atoms with E-state index in [0.29, 0.717) is 23.7 Å². The summed E-state index contributed by atoms with van der Waals surface area (Å²) in [4.78, 5) is 15.7. The fraction of sp³-hybridized carbons (Fsp3) is 0.174. The Kier molecular flexibility index (Phi) is 7.82. The Balaban J connectivity index is 1.64. The van der Waals surface area contributed by atoms with Gasteiger partial charge >= 0.3 is 0 Å². The number of methoxy groups -OCH3 is 1. The van der Waals surface area contributed by atoms with Crippen LogP contribution in [-0.2, 0) is 18.1 Å². The molecule has 8 heteroatoms. The third-order valence-corrected chi connectivity index (χ3v) is 5.19. The molecule has 0 saturated heterocycles. The molecule has 0 spiro atoms. The van der Waals surface area contributed by atoms with Crippen molar-refractivity contribution in [2.24, 2.45) is 5.16 Å². The minimum atomic E-state index is -0.441. The number of nitro benzene ring substituents is 1. The van der Waals surface area contributed by atoms with Crippen LogP contribution in [0.1, 0.15) is 22.3 Å². The van der Waals surface area contributed by atoms with E-state index in [-0.39, 0.29) is 12.3 Å². The molecule has 0 saturated carbocycles. The lowest BCUT2D eigenvalue weighted by atomic mass is 10.2. The summed E-state index contributed by atoms with van der Waals surface area (Å²) in [6.45, 7) is 2.61. The van der Waals surface area contributed by atoms with Crippen LogP contribution in [-0.4, -0.2) is 18.2 Å². The number of oxime groups is 1. The molecule has 0 N–H and O–H groups in total. The van der Waals surface area contributed by atoms with Gasteiger partial charge in [0.1, 0.15) is 13.2 Å². The van der Waals surface area contributed by atoms with Crippen molar-refractivity contribution < 1.29 is 19.2 Å². The number of hydrogen-bond acceptors (Lipinski definition) is 6. The quantitative estimate of drug-likeness (QED) is 0.154. The zero-order chi connectivity index (χ0) is 22.2. The molecule has 0 aromatic heterocycles. The Labute approximate surface area is 193 Å². The zero-order valence-electron chi connectivity index (χ0n) is 17.1. The summed E-state index contributed by atoms with van der Waals surface area (Å²) in [7, 11) is 1.59. The van der Waals surface area contributed by atoms with Gasteiger partial charge in [0, 0.05) is 17.7 Å². The molecule has 0 fully saturated rings. The third kappa shape index (κ3) is 6.42. The Morgan fingerprint density at radius 2 is 1.84 bits per heavy atom. The van der Waals surface area contributed by atoms with Crippen LogP contribution in [0, 0.1) is 20.6 Å². The maximum absolute atomic E-state index is 10.8.